The van der Waals surface area contributed by atoms with Gasteiger partial charge < -0.3 is 4.90 Å². The Hall–Kier alpha value is -0.610. The number of rotatable bonds is 3. The van der Waals surface area contributed by atoms with Crippen molar-refractivity contribution in [3.8, 4) is 0 Å². The van der Waals surface area contributed by atoms with E-state index in [-0.39, 0.29) is 0 Å². The molecule has 17 heavy (non-hydrogen) atoms. The number of benzene rings is 1. The molecule has 1 atom stereocenters. The molecule has 0 amide bonds. The molecular formula is C13H14Br2N2. The van der Waals surface area contributed by atoms with Crippen LogP contribution in [0.2, 0.25) is 0 Å². The summed E-state index contributed by atoms with van der Waals surface area (Å²) < 4.78 is 1.11. The maximum absolute atomic E-state index is 4.49. The second-order valence-electron chi connectivity index (χ2n) is 4.13. The maximum atomic E-state index is 4.49. The number of aromatic nitrogens is 1. The van der Waals surface area contributed by atoms with E-state index in [0.29, 0.717) is 4.83 Å². The normalized spacial score (nSPS) is 12.7. The molecular weight excluding hydrogens is 344 g/mol. The maximum Gasteiger partial charge on any atom is 0.136 e. The number of hydrogen-bond acceptors (Lipinski definition) is 2. The second kappa shape index (κ2) is 5.36. The molecule has 2 rings (SSSR count). The largest absolute Gasteiger partial charge is 0.358 e. The van der Waals surface area contributed by atoms with Crippen molar-refractivity contribution < 1.29 is 0 Å². The third-order valence-electron chi connectivity index (χ3n) is 2.62. The molecule has 0 saturated carbocycles. The minimum atomic E-state index is 0.441. The molecule has 0 aliphatic rings. The first-order chi connectivity index (χ1) is 8.09. The van der Waals surface area contributed by atoms with E-state index in [0.717, 1.165) is 16.8 Å². The topological polar surface area (TPSA) is 16.1 Å². The van der Waals surface area contributed by atoms with Gasteiger partial charge in [-0.15, -0.1) is 0 Å². The smallest absolute Gasteiger partial charge is 0.136 e. The third kappa shape index (κ3) is 2.80. The van der Waals surface area contributed by atoms with Gasteiger partial charge in [0.25, 0.3) is 0 Å². The summed E-state index contributed by atoms with van der Waals surface area (Å²) in [6.45, 7) is 3.07. The molecule has 0 spiro atoms. The standard InChI is InChI=1S/C13H14Br2N2/c1-9(14)8-17(2)13-11-4-3-5-12(15)10(11)6-7-16-13/h3-7,9H,8H2,1-2H3. The Balaban J connectivity index is 2.51. The van der Waals surface area contributed by atoms with E-state index in [9.17, 15) is 0 Å². The second-order valence-corrected chi connectivity index (χ2v) is 6.55. The molecule has 4 heteroatoms. The number of fused-ring (bicyclic) bond motifs is 1. The van der Waals surface area contributed by atoms with Crippen LogP contribution in [0.1, 0.15) is 6.92 Å². The highest BCUT2D eigenvalue weighted by Crippen LogP contribution is 2.29. The number of halogens is 2. The van der Waals surface area contributed by atoms with Crippen LogP contribution in [0.25, 0.3) is 10.8 Å². The SMILES string of the molecule is CC(Br)CN(C)c1nccc2c(Br)cccc12. The van der Waals surface area contributed by atoms with Gasteiger partial charge in [0.1, 0.15) is 5.82 Å². The summed E-state index contributed by atoms with van der Waals surface area (Å²) in [7, 11) is 2.07. The molecule has 0 bridgehead atoms. The zero-order chi connectivity index (χ0) is 12.4. The van der Waals surface area contributed by atoms with Crippen LogP contribution in [-0.4, -0.2) is 23.4 Å². The molecule has 1 aromatic carbocycles. The molecule has 0 radical (unpaired) electrons. The van der Waals surface area contributed by atoms with Crippen LogP contribution in [0.3, 0.4) is 0 Å². The van der Waals surface area contributed by atoms with Crippen LogP contribution in [0.5, 0.6) is 0 Å². The summed E-state index contributed by atoms with van der Waals surface area (Å²) in [6.07, 6.45) is 1.86. The minimum Gasteiger partial charge on any atom is -0.358 e. The number of hydrogen-bond donors (Lipinski definition) is 0. The zero-order valence-electron chi connectivity index (χ0n) is 9.82. The van der Waals surface area contributed by atoms with Crippen molar-refractivity contribution in [2.24, 2.45) is 0 Å². The lowest BCUT2D eigenvalue weighted by Gasteiger charge is -2.21. The molecule has 2 nitrogen and oxygen atoms in total. The number of nitrogens with zero attached hydrogens (tertiary/aromatic N) is 2. The molecule has 1 unspecified atom stereocenters. The van der Waals surface area contributed by atoms with E-state index in [2.05, 4.69) is 67.8 Å². The Morgan fingerprint density at radius 2 is 2.06 bits per heavy atom. The van der Waals surface area contributed by atoms with E-state index < -0.39 is 0 Å². The lowest BCUT2D eigenvalue weighted by Crippen LogP contribution is -2.24. The van der Waals surface area contributed by atoms with Gasteiger partial charge in [0.05, 0.1) is 0 Å². The first kappa shape index (κ1) is 12.8. The van der Waals surface area contributed by atoms with Gasteiger partial charge in [-0.3, -0.25) is 0 Å². The predicted molar refractivity (Wildman–Crippen MR) is 81.1 cm³/mol. The molecule has 1 heterocycles. The monoisotopic (exact) mass is 356 g/mol. The van der Waals surface area contributed by atoms with E-state index in [1.807, 2.05) is 18.3 Å². The van der Waals surface area contributed by atoms with Gasteiger partial charge in [-0.1, -0.05) is 50.9 Å². The van der Waals surface area contributed by atoms with E-state index in [1.54, 1.807) is 0 Å². The van der Waals surface area contributed by atoms with Crippen molar-refractivity contribution in [2.45, 2.75) is 11.8 Å². The van der Waals surface area contributed by atoms with Crippen LogP contribution in [0, 0.1) is 0 Å². The quantitative estimate of drug-likeness (QED) is 0.764. The van der Waals surface area contributed by atoms with Crippen molar-refractivity contribution in [1.82, 2.24) is 4.98 Å². The van der Waals surface area contributed by atoms with Crippen molar-refractivity contribution in [3.05, 3.63) is 34.9 Å². The van der Waals surface area contributed by atoms with Crippen molar-refractivity contribution in [2.75, 3.05) is 18.5 Å². The van der Waals surface area contributed by atoms with Gasteiger partial charge in [-0.25, -0.2) is 4.98 Å². The number of alkyl halides is 1. The predicted octanol–water partition coefficient (Wildman–Crippen LogP) is 4.22. The summed E-state index contributed by atoms with van der Waals surface area (Å²) >= 11 is 7.15. The van der Waals surface area contributed by atoms with Gasteiger partial charge in [0.15, 0.2) is 0 Å². The fourth-order valence-electron chi connectivity index (χ4n) is 1.92. The van der Waals surface area contributed by atoms with Gasteiger partial charge in [-0.2, -0.15) is 0 Å². The molecule has 0 aliphatic heterocycles. The molecule has 1 aromatic heterocycles. The zero-order valence-corrected chi connectivity index (χ0v) is 13.0. The van der Waals surface area contributed by atoms with E-state index in [4.69, 9.17) is 0 Å². The van der Waals surface area contributed by atoms with Crippen LogP contribution in [0.15, 0.2) is 34.9 Å². The van der Waals surface area contributed by atoms with Crippen LogP contribution in [-0.2, 0) is 0 Å². The Labute approximate surface area is 118 Å². The summed E-state index contributed by atoms with van der Waals surface area (Å²) in [6, 6.07) is 8.24. The Morgan fingerprint density at radius 1 is 1.29 bits per heavy atom. The number of anilines is 1. The molecule has 0 fully saturated rings. The highest BCUT2D eigenvalue weighted by molar-refractivity contribution is 9.10. The first-order valence-corrected chi connectivity index (χ1v) is 7.19. The van der Waals surface area contributed by atoms with Crippen molar-refractivity contribution in [3.63, 3.8) is 0 Å². The third-order valence-corrected chi connectivity index (χ3v) is 3.60. The van der Waals surface area contributed by atoms with E-state index in [1.165, 1.54) is 10.8 Å². The first-order valence-electron chi connectivity index (χ1n) is 5.48. The Bertz CT molecular complexity index is 526. The summed E-state index contributed by atoms with van der Waals surface area (Å²) in [5, 5.41) is 2.38. The molecule has 0 saturated heterocycles. The van der Waals surface area contributed by atoms with Crippen molar-refractivity contribution >= 4 is 48.5 Å². The fourth-order valence-corrected chi connectivity index (χ4v) is 2.85. The Kier molecular flexibility index (Phi) is 4.05. The van der Waals surface area contributed by atoms with E-state index >= 15 is 0 Å². The molecule has 2 aromatic rings. The van der Waals surface area contributed by atoms with Gasteiger partial charge >= 0.3 is 0 Å². The summed E-state index contributed by atoms with van der Waals surface area (Å²) in [4.78, 5) is 7.10. The highest BCUT2D eigenvalue weighted by Gasteiger charge is 2.10. The fraction of sp³-hybridized carbons (Fsp3) is 0.308. The number of pyridine rings is 1. The van der Waals surface area contributed by atoms with Gasteiger partial charge in [0, 0.05) is 39.9 Å². The lowest BCUT2D eigenvalue weighted by molar-refractivity contribution is 0.865. The van der Waals surface area contributed by atoms with Crippen LogP contribution >= 0.6 is 31.9 Å². The highest BCUT2D eigenvalue weighted by atomic mass is 79.9. The Morgan fingerprint density at radius 3 is 2.76 bits per heavy atom. The van der Waals surface area contributed by atoms with Gasteiger partial charge in [0.2, 0.25) is 0 Å². The lowest BCUT2D eigenvalue weighted by atomic mass is 10.1. The summed E-state index contributed by atoms with van der Waals surface area (Å²) in [5.74, 6) is 1.02. The molecule has 90 valence electrons. The van der Waals surface area contributed by atoms with Crippen LogP contribution < -0.4 is 4.90 Å². The minimum absolute atomic E-state index is 0.441. The summed E-state index contributed by atoms with van der Waals surface area (Å²) in [5.41, 5.74) is 0. The van der Waals surface area contributed by atoms with Crippen LogP contribution in [0.4, 0.5) is 5.82 Å². The molecule has 0 aliphatic carbocycles. The average molecular weight is 358 g/mol. The van der Waals surface area contributed by atoms with Crippen molar-refractivity contribution in [1.29, 1.82) is 0 Å². The van der Waals surface area contributed by atoms with Gasteiger partial charge in [-0.05, 0) is 12.1 Å². The molecule has 0 N–H and O–H groups in total. The average Bonchev–Trinajstić information content (AvgIpc) is 2.28.